The molecule has 0 fully saturated rings. The summed E-state index contributed by atoms with van der Waals surface area (Å²) in [4.78, 5) is 62.6. The van der Waals surface area contributed by atoms with E-state index in [9.17, 15) is 29.1 Å². The number of aromatic nitrogens is 1. The van der Waals surface area contributed by atoms with Crippen molar-refractivity contribution >= 4 is 40.6 Å². The van der Waals surface area contributed by atoms with Crippen LogP contribution in [-0.4, -0.2) is 80.7 Å². The molecular weight excluding hydrogens is 450 g/mol. The lowest BCUT2D eigenvalue weighted by Gasteiger charge is -2.25. The molecule has 0 bridgehead atoms. The van der Waals surface area contributed by atoms with Gasteiger partial charge in [-0.2, -0.15) is 0 Å². The van der Waals surface area contributed by atoms with Crippen LogP contribution in [0.3, 0.4) is 0 Å². The van der Waals surface area contributed by atoms with Crippen LogP contribution in [0.25, 0.3) is 10.9 Å². The Kier molecular flexibility index (Phi) is 9.10. The first-order valence-electron chi connectivity index (χ1n) is 10.3. The molecule has 2 aromatic rings. The molecule has 34 heavy (non-hydrogen) atoms. The van der Waals surface area contributed by atoms with Crippen molar-refractivity contribution in [1.82, 2.24) is 20.9 Å². The van der Waals surface area contributed by atoms with Gasteiger partial charge < -0.3 is 42.0 Å². The Morgan fingerprint density at radius 1 is 1.00 bits per heavy atom. The van der Waals surface area contributed by atoms with Crippen LogP contribution in [0.4, 0.5) is 0 Å². The molecule has 0 unspecified atom stereocenters. The van der Waals surface area contributed by atoms with Gasteiger partial charge in [-0.1, -0.05) is 18.2 Å². The topological polar surface area (TPSA) is 224 Å². The van der Waals surface area contributed by atoms with E-state index in [2.05, 4.69) is 15.6 Å². The van der Waals surface area contributed by atoms with Gasteiger partial charge in [0.1, 0.15) is 18.1 Å². The predicted octanol–water partition coefficient (Wildman–Crippen LogP) is -1.94. The van der Waals surface area contributed by atoms with Crippen molar-refractivity contribution in [1.29, 1.82) is 0 Å². The molecule has 0 radical (unpaired) electrons. The van der Waals surface area contributed by atoms with E-state index in [0.29, 0.717) is 5.56 Å². The zero-order valence-electron chi connectivity index (χ0n) is 18.3. The van der Waals surface area contributed by atoms with Crippen molar-refractivity contribution in [3.05, 3.63) is 36.0 Å². The number of nitrogens with two attached hydrogens (primary N) is 1. The van der Waals surface area contributed by atoms with Gasteiger partial charge in [-0.3, -0.25) is 19.2 Å². The molecule has 0 aliphatic heterocycles. The molecule has 2 rings (SSSR count). The molecule has 4 atom stereocenters. The summed E-state index contributed by atoms with van der Waals surface area (Å²) >= 11 is 0. The van der Waals surface area contributed by atoms with Crippen LogP contribution in [0.1, 0.15) is 18.9 Å². The second kappa shape index (κ2) is 11.8. The highest BCUT2D eigenvalue weighted by molar-refractivity contribution is 5.95. The smallest absolute Gasteiger partial charge is 0.326 e. The first-order valence-corrected chi connectivity index (χ1v) is 10.3. The van der Waals surface area contributed by atoms with Crippen LogP contribution in [0.15, 0.2) is 30.5 Å². The number of nitrogens with one attached hydrogen (secondary N) is 4. The highest BCUT2D eigenvalue weighted by atomic mass is 16.4. The number of carboxylic acid groups (broad SMARTS) is 2. The summed E-state index contributed by atoms with van der Waals surface area (Å²) in [6, 6.07) is 2.70. The van der Waals surface area contributed by atoms with E-state index >= 15 is 0 Å². The minimum Gasteiger partial charge on any atom is -0.481 e. The minimum absolute atomic E-state index is 0.0203. The average Bonchev–Trinajstić information content (AvgIpc) is 3.18. The fraction of sp³-hybridized carbons (Fsp3) is 0.381. The van der Waals surface area contributed by atoms with E-state index in [-0.39, 0.29) is 6.42 Å². The minimum atomic E-state index is -1.78. The lowest BCUT2D eigenvalue weighted by molar-refractivity contribution is -0.148. The van der Waals surface area contributed by atoms with Crippen LogP contribution in [-0.2, 0) is 30.4 Å². The van der Waals surface area contributed by atoms with E-state index in [1.165, 1.54) is 6.92 Å². The number of para-hydroxylation sites is 1. The van der Waals surface area contributed by atoms with Crippen LogP contribution in [0.2, 0.25) is 0 Å². The molecule has 1 aromatic carbocycles. The van der Waals surface area contributed by atoms with Gasteiger partial charge in [0.25, 0.3) is 0 Å². The fourth-order valence-electron chi connectivity index (χ4n) is 3.28. The number of carbonyl (C=O) groups is 5. The Hall–Kier alpha value is -3.97. The number of rotatable bonds is 12. The standard InChI is InChI=1S/C21H27N5O8/c1-10(27)18(20(32)25-15(21(33)34)7-17(29)30)26-19(31)14(24-16(28)8-22)6-11-9-23-13-5-3-2-4-12(11)13/h2-5,9-10,14-15,18,23,27H,6-8,22H2,1H3,(H,24,28)(H,25,32)(H,26,31)(H,29,30)(H,33,34)/t10-,14+,15+,18+/m1/s1. The monoisotopic (exact) mass is 477 g/mol. The van der Waals surface area contributed by atoms with E-state index < -0.39 is 66.9 Å². The van der Waals surface area contributed by atoms with Gasteiger partial charge in [0.05, 0.1) is 19.1 Å². The summed E-state index contributed by atoms with van der Waals surface area (Å²) in [7, 11) is 0. The quantitative estimate of drug-likeness (QED) is 0.170. The Morgan fingerprint density at radius 2 is 1.68 bits per heavy atom. The first-order chi connectivity index (χ1) is 16.0. The Labute approximate surface area is 193 Å². The molecule has 0 aliphatic rings. The third-order valence-electron chi connectivity index (χ3n) is 4.99. The lowest BCUT2D eigenvalue weighted by atomic mass is 10.0. The molecule has 0 saturated heterocycles. The van der Waals surface area contributed by atoms with Crippen molar-refractivity contribution in [2.24, 2.45) is 5.73 Å². The third kappa shape index (κ3) is 7.02. The van der Waals surface area contributed by atoms with Crippen LogP contribution >= 0.6 is 0 Å². The maximum absolute atomic E-state index is 13.0. The number of amides is 3. The molecule has 1 heterocycles. The molecule has 0 aliphatic carbocycles. The van der Waals surface area contributed by atoms with Crippen LogP contribution in [0.5, 0.6) is 0 Å². The van der Waals surface area contributed by atoms with E-state index in [0.717, 1.165) is 10.9 Å². The number of carboxylic acids is 2. The third-order valence-corrected chi connectivity index (χ3v) is 4.99. The number of aliphatic hydroxyl groups is 1. The van der Waals surface area contributed by atoms with Crippen LogP contribution < -0.4 is 21.7 Å². The summed E-state index contributed by atoms with van der Waals surface area (Å²) in [6.07, 6.45) is -0.687. The van der Waals surface area contributed by atoms with Crippen molar-refractivity contribution in [2.45, 2.75) is 44.0 Å². The zero-order chi connectivity index (χ0) is 25.4. The summed E-state index contributed by atoms with van der Waals surface area (Å²) in [6.45, 7) is 0.790. The van der Waals surface area contributed by atoms with E-state index in [4.69, 9.17) is 15.9 Å². The molecule has 0 spiro atoms. The summed E-state index contributed by atoms with van der Waals surface area (Å²) in [5.74, 6) is -5.64. The average molecular weight is 477 g/mol. The SMILES string of the molecule is C[C@@H](O)[C@H](NC(=O)[C@H](Cc1c[nH]c2ccccc12)NC(=O)CN)C(=O)N[C@@H](CC(=O)O)C(=O)O. The normalized spacial score (nSPS) is 14.4. The molecule has 13 heteroatoms. The van der Waals surface area contributed by atoms with Crippen molar-refractivity contribution in [3.63, 3.8) is 0 Å². The number of carbonyl (C=O) groups excluding carboxylic acids is 3. The molecule has 13 nitrogen and oxygen atoms in total. The van der Waals surface area contributed by atoms with E-state index in [1.54, 1.807) is 12.3 Å². The molecule has 1 aromatic heterocycles. The fourth-order valence-corrected chi connectivity index (χ4v) is 3.28. The highest BCUT2D eigenvalue weighted by Crippen LogP contribution is 2.19. The Balaban J connectivity index is 2.22. The number of hydrogen-bond donors (Lipinski definition) is 8. The Bertz CT molecular complexity index is 1070. The summed E-state index contributed by atoms with van der Waals surface area (Å²) in [5, 5.41) is 35.5. The number of benzene rings is 1. The molecule has 0 saturated carbocycles. The van der Waals surface area contributed by atoms with Gasteiger partial charge in [-0.15, -0.1) is 0 Å². The predicted molar refractivity (Wildman–Crippen MR) is 118 cm³/mol. The number of H-pyrrole nitrogens is 1. The van der Waals surface area contributed by atoms with Crippen molar-refractivity contribution in [3.8, 4) is 0 Å². The lowest BCUT2D eigenvalue weighted by Crippen LogP contribution is -2.59. The molecular formula is C21H27N5O8. The number of aromatic amines is 1. The maximum atomic E-state index is 13.0. The second-order valence-electron chi connectivity index (χ2n) is 7.61. The molecule has 3 amide bonds. The first kappa shape index (κ1) is 26.3. The number of aliphatic hydroxyl groups excluding tert-OH is 1. The van der Waals surface area contributed by atoms with Gasteiger partial charge in [-0.25, -0.2) is 4.79 Å². The second-order valence-corrected chi connectivity index (χ2v) is 7.61. The van der Waals surface area contributed by atoms with Gasteiger partial charge in [-0.05, 0) is 18.6 Å². The van der Waals surface area contributed by atoms with Gasteiger partial charge in [0.2, 0.25) is 17.7 Å². The van der Waals surface area contributed by atoms with Gasteiger partial charge in [0.15, 0.2) is 0 Å². The zero-order valence-corrected chi connectivity index (χ0v) is 18.3. The number of hydrogen-bond acceptors (Lipinski definition) is 7. The number of fused-ring (bicyclic) bond motifs is 1. The summed E-state index contributed by atoms with van der Waals surface area (Å²) in [5.41, 5.74) is 6.85. The highest BCUT2D eigenvalue weighted by Gasteiger charge is 2.33. The number of aliphatic carboxylic acids is 2. The molecule has 9 N–H and O–H groups in total. The molecule has 184 valence electrons. The maximum Gasteiger partial charge on any atom is 0.326 e. The summed E-state index contributed by atoms with van der Waals surface area (Å²) < 4.78 is 0. The van der Waals surface area contributed by atoms with Gasteiger partial charge in [0, 0.05) is 23.5 Å². The van der Waals surface area contributed by atoms with Crippen molar-refractivity contribution < 1.29 is 39.3 Å². The van der Waals surface area contributed by atoms with Crippen LogP contribution in [0, 0.1) is 0 Å². The van der Waals surface area contributed by atoms with E-state index in [1.807, 2.05) is 23.5 Å². The largest absolute Gasteiger partial charge is 0.481 e. The van der Waals surface area contributed by atoms with Crippen molar-refractivity contribution in [2.75, 3.05) is 6.54 Å². The van der Waals surface area contributed by atoms with Gasteiger partial charge >= 0.3 is 11.9 Å². The Morgan fingerprint density at radius 3 is 2.26 bits per heavy atom.